The summed E-state index contributed by atoms with van der Waals surface area (Å²) in [6.45, 7) is 1.81. The van der Waals surface area contributed by atoms with Crippen molar-refractivity contribution in [3.63, 3.8) is 0 Å². The average Bonchev–Trinajstić information content (AvgIpc) is 3.53. The van der Waals surface area contributed by atoms with Crippen LogP contribution in [0.1, 0.15) is 15.4 Å². The van der Waals surface area contributed by atoms with Crippen molar-refractivity contribution in [2.75, 3.05) is 5.32 Å². The number of benzene rings is 1. The van der Waals surface area contributed by atoms with Gasteiger partial charge in [-0.25, -0.2) is 13.8 Å². The third-order valence-electron chi connectivity index (χ3n) is 4.64. The molecule has 164 valence electrons. The molecule has 4 heterocycles. The molecule has 11 nitrogen and oxygen atoms in total. The van der Waals surface area contributed by atoms with Crippen LogP contribution in [0.2, 0.25) is 0 Å². The van der Waals surface area contributed by atoms with Crippen molar-refractivity contribution in [1.29, 1.82) is 0 Å². The second-order valence-corrected chi connectivity index (χ2v) is 7.96. The average molecular weight is 464 g/mol. The zero-order valence-electron chi connectivity index (χ0n) is 16.8. The highest BCUT2D eigenvalue weighted by Crippen LogP contribution is 2.27. The lowest BCUT2D eigenvalue weighted by atomic mass is 10.3. The summed E-state index contributed by atoms with van der Waals surface area (Å²) >= 11 is 0.753. The van der Waals surface area contributed by atoms with Crippen molar-refractivity contribution in [1.82, 2.24) is 29.5 Å². The van der Waals surface area contributed by atoms with Gasteiger partial charge in [-0.1, -0.05) is 11.3 Å². The van der Waals surface area contributed by atoms with Crippen LogP contribution in [0.15, 0.2) is 54.9 Å². The van der Waals surface area contributed by atoms with E-state index < -0.39 is 16.6 Å². The largest absolute Gasteiger partial charge is 0.324 e. The smallest absolute Gasteiger partial charge is 0.305 e. The van der Waals surface area contributed by atoms with E-state index in [1.165, 1.54) is 39.8 Å². The van der Waals surface area contributed by atoms with Gasteiger partial charge in [0, 0.05) is 12.3 Å². The Hall–Kier alpha value is -4.52. The summed E-state index contributed by atoms with van der Waals surface area (Å²) < 4.78 is 16.3. The number of hydrogen-bond acceptors (Lipinski definition) is 8. The first-order valence-electron chi connectivity index (χ1n) is 9.49. The van der Waals surface area contributed by atoms with Crippen LogP contribution >= 0.6 is 11.3 Å². The molecule has 0 aliphatic heterocycles. The van der Waals surface area contributed by atoms with E-state index in [2.05, 4.69) is 25.5 Å². The van der Waals surface area contributed by atoms with Crippen molar-refractivity contribution >= 4 is 39.1 Å². The summed E-state index contributed by atoms with van der Waals surface area (Å²) in [6, 6.07) is 10.1. The van der Waals surface area contributed by atoms with Gasteiger partial charge < -0.3 is 5.32 Å². The number of amides is 1. The fraction of sp³-hybridized carbons (Fsp3) is 0.0500. The van der Waals surface area contributed by atoms with Crippen LogP contribution in [0, 0.1) is 22.9 Å². The van der Waals surface area contributed by atoms with E-state index in [1.54, 1.807) is 24.4 Å². The molecule has 0 atom stereocenters. The molecular formula is C20H13FN8O3S. The molecule has 33 heavy (non-hydrogen) atoms. The molecule has 13 heteroatoms. The van der Waals surface area contributed by atoms with Gasteiger partial charge in [-0.05, 0) is 43.3 Å². The third-order valence-corrected chi connectivity index (χ3v) is 5.68. The molecule has 4 aromatic heterocycles. The molecule has 1 N–H and O–H groups in total. The minimum Gasteiger partial charge on any atom is -0.305 e. The molecule has 0 fully saturated rings. The maximum atomic E-state index is 13.4. The summed E-state index contributed by atoms with van der Waals surface area (Å²) in [5.74, 6) is -0.634. The molecule has 0 unspecified atom stereocenters. The molecular weight excluding hydrogens is 451 g/mol. The quantitative estimate of drug-likeness (QED) is 0.310. The van der Waals surface area contributed by atoms with Gasteiger partial charge in [0.2, 0.25) is 0 Å². The highest BCUT2D eigenvalue weighted by molar-refractivity contribution is 7.17. The van der Waals surface area contributed by atoms with Crippen molar-refractivity contribution in [2.24, 2.45) is 0 Å². The van der Waals surface area contributed by atoms with Crippen molar-refractivity contribution in [3.8, 4) is 11.6 Å². The Morgan fingerprint density at radius 2 is 1.94 bits per heavy atom. The standard InChI is InChI=1S/C20H13FN8O3S/c1-11-8-9-27(26-11)20-24-17(23-19(30)15-6-7-16(33-15)29(31)32)14-10-22-28(18(14)25-20)13-4-2-12(21)3-5-13/h2-10H,1H3,(H,23,24,25,30). The van der Waals surface area contributed by atoms with Crippen molar-refractivity contribution < 1.29 is 14.1 Å². The molecule has 5 rings (SSSR count). The Morgan fingerprint density at radius 1 is 1.15 bits per heavy atom. The Kier molecular flexibility index (Phi) is 4.86. The molecule has 1 amide bonds. The van der Waals surface area contributed by atoms with E-state index in [9.17, 15) is 19.3 Å². The summed E-state index contributed by atoms with van der Waals surface area (Å²) in [7, 11) is 0. The van der Waals surface area contributed by atoms with E-state index >= 15 is 0 Å². The highest BCUT2D eigenvalue weighted by atomic mass is 32.1. The normalized spacial score (nSPS) is 11.1. The zero-order valence-corrected chi connectivity index (χ0v) is 17.7. The highest BCUT2D eigenvalue weighted by Gasteiger charge is 2.20. The van der Waals surface area contributed by atoms with Crippen LogP contribution in [-0.4, -0.2) is 40.4 Å². The number of carbonyl (C=O) groups excluding carboxylic acids is 1. The van der Waals surface area contributed by atoms with E-state index in [0.717, 1.165) is 17.0 Å². The van der Waals surface area contributed by atoms with Gasteiger partial charge in [0.05, 0.1) is 32.8 Å². The van der Waals surface area contributed by atoms with Crippen molar-refractivity contribution in [2.45, 2.75) is 6.92 Å². The third kappa shape index (κ3) is 3.80. The van der Waals surface area contributed by atoms with Crippen LogP contribution in [0.4, 0.5) is 15.2 Å². The fourth-order valence-electron chi connectivity index (χ4n) is 3.11. The predicted octanol–water partition coefficient (Wildman–Crippen LogP) is 3.67. The van der Waals surface area contributed by atoms with Crippen LogP contribution in [0.5, 0.6) is 0 Å². The number of nitrogens with zero attached hydrogens (tertiary/aromatic N) is 7. The molecule has 0 saturated heterocycles. The number of thiophene rings is 1. The Bertz CT molecular complexity index is 1520. The van der Waals surface area contributed by atoms with Crippen LogP contribution in [0.25, 0.3) is 22.7 Å². The topological polar surface area (TPSA) is 134 Å². The maximum Gasteiger partial charge on any atom is 0.324 e. The van der Waals surface area contributed by atoms with E-state index in [0.29, 0.717) is 16.7 Å². The van der Waals surface area contributed by atoms with Gasteiger partial charge in [-0.3, -0.25) is 14.9 Å². The van der Waals surface area contributed by atoms with Crippen LogP contribution < -0.4 is 5.32 Å². The molecule has 0 saturated carbocycles. The summed E-state index contributed by atoms with van der Waals surface area (Å²) in [5, 5.41) is 22.6. The summed E-state index contributed by atoms with van der Waals surface area (Å²) in [6.07, 6.45) is 3.15. The number of nitro groups is 1. The monoisotopic (exact) mass is 464 g/mol. The van der Waals surface area contributed by atoms with Crippen LogP contribution in [0.3, 0.4) is 0 Å². The number of halogens is 1. The first kappa shape index (κ1) is 20.4. The van der Waals surface area contributed by atoms with Gasteiger partial charge in [0.1, 0.15) is 11.6 Å². The van der Waals surface area contributed by atoms with E-state index in [1.807, 2.05) is 6.92 Å². The maximum absolute atomic E-state index is 13.4. The molecule has 5 aromatic rings. The number of aromatic nitrogens is 6. The van der Waals surface area contributed by atoms with Gasteiger partial charge in [-0.2, -0.15) is 20.2 Å². The predicted molar refractivity (Wildman–Crippen MR) is 117 cm³/mol. The zero-order chi connectivity index (χ0) is 23.1. The number of rotatable bonds is 5. The number of carbonyl (C=O) groups is 1. The van der Waals surface area contributed by atoms with Crippen LogP contribution in [-0.2, 0) is 0 Å². The van der Waals surface area contributed by atoms with Gasteiger partial charge >= 0.3 is 5.00 Å². The summed E-state index contributed by atoms with van der Waals surface area (Å²) in [5.41, 5.74) is 1.65. The summed E-state index contributed by atoms with van der Waals surface area (Å²) in [4.78, 5) is 32.3. The lowest BCUT2D eigenvalue weighted by Gasteiger charge is -2.09. The molecule has 0 aliphatic carbocycles. The SMILES string of the molecule is Cc1ccn(-c2nc(NC(=O)c3ccc([N+](=O)[O-])s3)c3cnn(-c4ccc(F)cc4)c3n2)n1. The lowest BCUT2D eigenvalue weighted by Crippen LogP contribution is -2.14. The van der Waals surface area contributed by atoms with Gasteiger partial charge in [0.25, 0.3) is 11.9 Å². The molecule has 0 bridgehead atoms. The second-order valence-electron chi connectivity index (χ2n) is 6.89. The Labute approximate surface area is 188 Å². The fourth-order valence-corrected chi connectivity index (χ4v) is 3.82. The van der Waals surface area contributed by atoms with Gasteiger partial charge in [0.15, 0.2) is 5.65 Å². The molecule has 0 radical (unpaired) electrons. The molecule has 0 spiro atoms. The first-order chi connectivity index (χ1) is 15.9. The Balaban J connectivity index is 1.62. The number of anilines is 1. The minimum atomic E-state index is -0.565. The number of nitrogens with one attached hydrogen (secondary N) is 1. The number of aryl methyl sites for hydroxylation is 1. The van der Waals surface area contributed by atoms with Crippen molar-refractivity contribution in [3.05, 3.63) is 81.4 Å². The molecule has 0 aliphatic rings. The number of hydrogen-bond donors (Lipinski definition) is 1. The van der Waals surface area contributed by atoms with E-state index in [-0.39, 0.29) is 21.6 Å². The lowest BCUT2D eigenvalue weighted by molar-refractivity contribution is -0.380. The minimum absolute atomic E-state index is 0.148. The second kappa shape index (κ2) is 7.87. The van der Waals surface area contributed by atoms with Gasteiger partial charge in [-0.15, -0.1) is 0 Å². The van der Waals surface area contributed by atoms with E-state index in [4.69, 9.17) is 0 Å². The molecule has 1 aromatic carbocycles. The number of fused-ring (bicyclic) bond motifs is 1. The Morgan fingerprint density at radius 3 is 2.61 bits per heavy atom. The first-order valence-corrected chi connectivity index (χ1v) is 10.3.